The third-order valence-electron chi connectivity index (χ3n) is 2.04. The van der Waals surface area contributed by atoms with Crippen LogP contribution in [0.15, 0.2) is 35.3 Å². The first-order chi connectivity index (χ1) is 5.88. The van der Waals surface area contributed by atoms with Gasteiger partial charge in [-0.2, -0.15) is 0 Å². The van der Waals surface area contributed by atoms with Gasteiger partial charge in [0, 0.05) is 5.71 Å². The van der Waals surface area contributed by atoms with Gasteiger partial charge in [-0.3, -0.25) is 4.99 Å². The molecule has 2 heteroatoms. The molecule has 1 aliphatic heterocycles. The van der Waals surface area contributed by atoms with E-state index in [2.05, 4.69) is 42.2 Å². The first-order valence-electron chi connectivity index (χ1n) is 4.05. The minimum absolute atomic E-state index is 0.506. The number of aliphatic imine (C=N–C) groups is 1. The van der Waals surface area contributed by atoms with E-state index in [4.69, 9.17) is 0 Å². The Morgan fingerprint density at radius 1 is 1.33 bits per heavy atom. The van der Waals surface area contributed by atoms with E-state index in [1.807, 2.05) is 11.8 Å². The van der Waals surface area contributed by atoms with Crippen molar-refractivity contribution < 1.29 is 0 Å². The third kappa shape index (κ3) is 1.39. The summed E-state index contributed by atoms with van der Waals surface area (Å²) >= 11 is 1.90. The molecule has 0 aliphatic carbocycles. The molecule has 0 amide bonds. The van der Waals surface area contributed by atoms with Crippen molar-refractivity contribution in [3.63, 3.8) is 0 Å². The second kappa shape index (κ2) is 3.31. The second-order valence-corrected chi connectivity index (χ2v) is 3.95. The fraction of sp³-hybridized carbons (Fsp3) is 0.300. The smallest absolute Gasteiger partial charge is 0.0853 e. The molecule has 2 rings (SSSR count). The van der Waals surface area contributed by atoms with Crippen LogP contribution in [-0.4, -0.2) is 11.6 Å². The average Bonchev–Trinajstić information content (AvgIpc) is 2.53. The Kier molecular flexibility index (Phi) is 2.17. The highest BCUT2D eigenvalue weighted by Crippen LogP contribution is 2.34. The summed E-state index contributed by atoms with van der Waals surface area (Å²) in [5.74, 6) is 0.922. The maximum atomic E-state index is 4.37. The van der Waals surface area contributed by atoms with Gasteiger partial charge in [0.1, 0.15) is 0 Å². The Hall–Kier alpha value is -0.760. The summed E-state index contributed by atoms with van der Waals surface area (Å²) in [6, 6.07) is 10.6. The third-order valence-corrected chi connectivity index (χ3v) is 3.26. The Bertz CT molecular complexity index is 292. The molecule has 62 valence electrons. The van der Waals surface area contributed by atoms with Crippen LogP contribution in [0.4, 0.5) is 0 Å². The molecule has 0 aromatic heterocycles. The molecule has 0 N–H and O–H groups in total. The van der Waals surface area contributed by atoms with Crippen molar-refractivity contribution in [2.24, 2.45) is 4.99 Å². The van der Waals surface area contributed by atoms with Crippen LogP contribution in [0.2, 0.25) is 0 Å². The number of hydrogen-bond acceptors (Lipinski definition) is 2. The van der Waals surface area contributed by atoms with E-state index in [1.54, 1.807) is 0 Å². The van der Waals surface area contributed by atoms with Crippen molar-refractivity contribution in [2.75, 3.05) is 5.88 Å². The van der Waals surface area contributed by atoms with E-state index in [1.165, 1.54) is 11.3 Å². The molecule has 1 atom stereocenters. The highest BCUT2D eigenvalue weighted by molar-refractivity contribution is 8.00. The molecule has 0 fully saturated rings. The first kappa shape index (κ1) is 7.87. The lowest BCUT2D eigenvalue weighted by molar-refractivity contribution is 1.28. The monoisotopic (exact) mass is 177 g/mol. The Balaban J connectivity index is 2.27. The van der Waals surface area contributed by atoms with Crippen LogP contribution in [0.3, 0.4) is 0 Å². The summed E-state index contributed by atoms with van der Waals surface area (Å²) in [4.78, 5) is 4.37. The van der Waals surface area contributed by atoms with Gasteiger partial charge in [0.25, 0.3) is 0 Å². The van der Waals surface area contributed by atoms with Gasteiger partial charge in [-0.1, -0.05) is 30.3 Å². The maximum Gasteiger partial charge on any atom is 0.0853 e. The van der Waals surface area contributed by atoms with Crippen LogP contribution >= 0.6 is 11.8 Å². The highest BCUT2D eigenvalue weighted by Gasteiger charge is 2.18. The van der Waals surface area contributed by atoms with Crippen molar-refractivity contribution in [2.45, 2.75) is 12.2 Å². The number of nitrogens with zero attached hydrogens (tertiary/aromatic N) is 1. The van der Waals surface area contributed by atoms with Gasteiger partial charge in [-0.25, -0.2) is 0 Å². The normalized spacial score (nSPS) is 22.4. The van der Waals surface area contributed by atoms with Crippen molar-refractivity contribution in [3.8, 4) is 0 Å². The van der Waals surface area contributed by atoms with Crippen LogP contribution in [0, 0.1) is 0 Å². The first-order valence-corrected chi connectivity index (χ1v) is 5.10. The summed E-state index contributed by atoms with van der Waals surface area (Å²) < 4.78 is 0. The average molecular weight is 177 g/mol. The van der Waals surface area contributed by atoms with Crippen LogP contribution < -0.4 is 0 Å². The molecule has 0 spiro atoms. The van der Waals surface area contributed by atoms with Crippen molar-refractivity contribution in [1.29, 1.82) is 0 Å². The zero-order valence-corrected chi connectivity index (χ0v) is 7.84. The fourth-order valence-electron chi connectivity index (χ4n) is 1.38. The molecule has 0 saturated heterocycles. The molecule has 1 unspecified atom stereocenters. The zero-order chi connectivity index (χ0) is 8.39. The molecule has 0 radical (unpaired) electrons. The van der Waals surface area contributed by atoms with Crippen LogP contribution in [0.25, 0.3) is 0 Å². The molecule has 0 bridgehead atoms. The van der Waals surface area contributed by atoms with Gasteiger partial charge < -0.3 is 0 Å². The molecular weight excluding hydrogens is 166 g/mol. The Morgan fingerprint density at radius 2 is 2.08 bits per heavy atom. The van der Waals surface area contributed by atoms with Gasteiger partial charge in [0.15, 0.2) is 0 Å². The van der Waals surface area contributed by atoms with Gasteiger partial charge in [-0.05, 0) is 12.5 Å². The maximum absolute atomic E-state index is 4.37. The lowest BCUT2D eigenvalue weighted by Crippen LogP contribution is -1.99. The van der Waals surface area contributed by atoms with Crippen LogP contribution in [-0.2, 0) is 0 Å². The number of hydrogen-bond donors (Lipinski definition) is 0. The molecule has 1 aromatic carbocycles. The summed E-state index contributed by atoms with van der Waals surface area (Å²) in [6.45, 7) is 2.11. The standard InChI is InChI=1S/C10H11NS/c1-8-10(12-7-11-8)9-5-3-2-4-6-9/h2-6,10H,7H2,1H3. The number of rotatable bonds is 1. The van der Waals surface area contributed by atoms with Crippen LogP contribution in [0.5, 0.6) is 0 Å². The van der Waals surface area contributed by atoms with Crippen molar-refractivity contribution in [3.05, 3.63) is 35.9 Å². The number of benzene rings is 1. The topological polar surface area (TPSA) is 12.4 Å². The minimum atomic E-state index is 0.506. The van der Waals surface area contributed by atoms with Crippen LogP contribution in [0.1, 0.15) is 17.7 Å². The van der Waals surface area contributed by atoms with E-state index >= 15 is 0 Å². The van der Waals surface area contributed by atoms with Gasteiger partial charge in [0.2, 0.25) is 0 Å². The molecule has 1 aromatic rings. The number of thioether (sulfide) groups is 1. The summed E-state index contributed by atoms with van der Waals surface area (Å²) in [5.41, 5.74) is 2.63. The fourth-order valence-corrected chi connectivity index (χ4v) is 2.47. The van der Waals surface area contributed by atoms with E-state index in [-0.39, 0.29) is 0 Å². The summed E-state index contributed by atoms with van der Waals surface area (Å²) in [6.07, 6.45) is 0. The second-order valence-electron chi connectivity index (χ2n) is 2.89. The van der Waals surface area contributed by atoms with E-state index in [0.717, 1.165) is 5.88 Å². The van der Waals surface area contributed by atoms with E-state index in [9.17, 15) is 0 Å². The SMILES string of the molecule is CC1=NCSC1c1ccccc1. The molecule has 1 aliphatic rings. The molecule has 0 saturated carbocycles. The quantitative estimate of drug-likeness (QED) is 0.642. The minimum Gasteiger partial charge on any atom is -0.282 e. The van der Waals surface area contributed by atoms with Gasteiger partial charge in [0.05, 0.1) is 11.1 Å². The molecular formula is C10H11NS. The van der Waals surface area contributed by atoms with Crippen molar-refractivity contribution >= 4 is 17.5 Å². The van der Waals surface area contributed by atoms with E-state index < -0.39 is 0 Å². The highest BCUT2D eigenvalue weighted by atomic mass is 32.2. The Morgan fingerprint density at radius 3 is 2.67 bits per heavy atom. The Labute approximate surface area is 76.9 Å². The molecule has 1 heterocycles. The largest absolute Gasteiger partial charge is 0.282 e. The van der Waals surface area contributed by atoms with E-state index in [0.29, 0.717) is 5.25 Å². The summed E-state index contributed by atoms with van der Waals surface area (Å²) in [5, 5.41) is 0.506. The summed E-state index contributed by atoms with van der Waals surface area (Å²) in [7, 11) is 0. The van der Waals surface area contributed by atoms with Gasteiger partial charge >= 0.3 is 0 Å². The zero-order valence-electron chi connectivity index (χ0n) is 7.03. The lowest BCUT2D eigenvalue weighted by atomic mass is 10.1. The van der Waals surface area contributed by atoms with Gasteiger partial charge in [-0.15, -0.1) is 11.8 Å². The predicted molar refractivity (Wildman–Crippen MR) is 54.8 cm³/mol. The van der Waals surface area contributed by atoms with Crippen molar-refractivity contribution in [1.82, 2.24) is 0 Å². The molecule has 1 nitrogen and oxygen atoms in total. The lowest BCUT2D eigenvalue weighted by Gasteiger charge is -2.08. The predicted octanol–water partition coefficient (Wildman–Crippen LogP) is 2.89. The molecule has 12 heavy (non-hydrogen) atoms.